The minimum absolute atomic E-state index is 0.0120. The lowest BCUT2D eigenvalue weighted by molar-refractivity contribution is 0.00753. The zero-order valence-electron chi connectivity index (χ0n) is 16.5. The van der Waals surface area contributed by atoms with Crippen molar-refractivity contribution in [3.8, 4) is 0 Å². The van der Waals surface area contributed by atoms with Gasteiger partial charge in [0.1, 0.15) is 12.2 Å². The highest BCUT2D eigenvalue weighted by Crippen LogP contribution is 2.32. The standard InChI is InChI=1S/C21H30N2O4/c1-21(2,3)27-19(24)22-13-7-10-18(14-22)23(17-11-12-17)20(25)26-15-16-8-5-4-6-9-16/h4-6,8-9,17-18H,7,10-15H2,1-3H3/t18-/m0/s1. The summed E-state index contributed by atoms with van der Waals surface area (Å²) in [6, 6.07) is 9.91. The van der Waals surface area contributed by atoms with Crippen LogP contribution in [-0.4, -0.2) is 52.8 Å². The van der Waals surface area contributed by atoms with Crippen molar-refractivity contribution in [2.75, 3.05) is 13.1 Å². The number of piperidine rings is 1. The Morgan fingerprint density at radius 1 is 1.11 bits per heavy atom. The lowest BCUT2D eigenvalue weighted by Crippen LogP contribution is -2.53. The van der Waals surface area contributed by atoms with Gasteiger partial charge in [-0.05, 0) is 52.0 Å². The van der Waals surface area contributed by atoms with Gasteiger partial charge in [-0.1, -0.05) is 30.3 Å². The van der Waals surface area contributed by atoms with Gasteiger partial charge in [-0.15, -0.1) is 0 Å². The number of carbonyl (C=O) groups excluding carboxylic acids is 2. The van der Waals surface area contributed by atoms with Crippen LogP contribution in [0.5, 0.6) is 0 Å². The van der Waals surface area contributed by atoms with Gasteiger partial charge in [0.05, 0.1) is 6.04 Å². The SMILES string of the molecule is CC(C)(C)OC(=O)N1CCC[C@H](N(C(=O)OCc2ccccc2)C2CC2)C1. The predicted molar refractivity (Wildman–Crippen MR) is 102 cm³/mol. The highest BCUT2D eigenvalue weighted by Gasteiger charge is 2.41. The predicted octanol–water partition coefficient (Wildman–Crippen LogP) is 4.19. The fraction of sp³-hybridized carbons (Fsp3) is 0.619. The molecule has 0 N–H and O–H groups in total. The van der Waals surface area contributed by atoms with Crippen molar-refractivity contribution in [2.24, 2.45) is 0 Å². The highest BCUT2D eigenvalue weighted by molar-refractivity contribution is 5.70. The van der Waals surface area contributed by atoms with Crippen LogP contribution in [0.15, 0.2) is 30.3 Å². The van der Waals surface area contributed by atoms with Crippen LogP contribution in [0.25, 0.3) is 0 Å². The van der Waals surface area contributed by atoms with Gasteiger partial charge in [-0.25, -0.2) is 9.59 Å². The minimum Gasteiger partial charge on any atom is -0.445 e. The van der Waals surface area contributed by atoms with E-state index < -0.39 is 5.60 Å². The van der Waals surface area contributed by atoms with Gasteiger partial charge in [0.2, 0.25) is 0 Å². The molecular formula is C21H30N2O4. The summed E-state index contributed by atoms with van der Waals surface area (Å²) in [6.45, 7) is 7.04. The summed E-state index contributed by atoms with van der Waals surface area (Å²) >= 11 is 0. The molecule has 1 saturated carbocycles. The van der Waals surface area contributed by atoms with E-state index >= 15 is 0 Å². The molecule has 1 aliphatic heterocycles. The summed E-state index contributed by atoms with van der Waals surface area (Å²) in [7, 11) is 0. The molecule has 0 aromatic heterocycles. The fourth-order valence-corrected chi connectivity index (χ4v) is 3.42. The maximum Gasteiger partial charge on any atom is 0.410 e. The molecule has 1 aromatic carbocycles. The average molecular weight is 374 g/mol. The van der Waals surface area contributed by atoms with E-state index in [0.29, 0.717) is 13.1 Å². The van der Waals surface area contributed by atoms with Crippen molar-refractivity contribution in [1.82, 2.24) is 9.80 Å². The number of rotatable bonds is 4. The van der Waals surface area contributed by atoms with E-state index in [1.54, 1.807) is 4.90 Å². The van der Waals surface area contributed by atoms with Gasteiger partial charge in [0.15, 0.2) is 0 Å². The molecular weight excluding hydrogens is 344 g/mol. The molecule has 1 aromatic rings. The first-order chi connectivity index (χ1) is 12.8. The summed E-state index contributed by atoms with van der Waals surface area (Å²) in [5.74, 6) is 0. The van der Waals surface area contributed by atoms with Crippen LogP contribution in [-0.2, 0) is 16.1 Å². The molecule has 1 heterocycles. The molecule has 0 radical (unpaired) electrons. The summed E-state index contributed by atoms with van der Waals surface area (Å²) in [5.41, 5.74) is 0.454. The van der Waals surface area contributed by atoms with Crippen molar-refractivity contribution in [3.63, 3.8) is 0 Å². The number of amides is 2. The second-order valence-corrected chi connectivity index (χ2v) is 8.40. The van der Waals surface area contributed by atoms with E-state index in [9.17, 15) is 9.59 Å². The number of ether oxygens (including phenoxy) is 2. The van der Waals surface area contributed by atoms with Gasteiger partial charge in [0.25, 0.3) is 0 Å². The quantitative estimate of drug-likeness (QED) is 0.793. The summed E-state index contributed by atoms with van der Waals surface area (Å²) < 4.78 is 11.1. The second kappa shape index (κ2) is 8.19. The lowest BCUT2D eigenvalue weighted by Gasteiger charge is -2.39. The monoisotopic (exact) mass is 374 g/mol. The third-order valence-electron chi connectivity index (χ3n) is 4.80. The zero-order chi connectivity index (χ0) is 19.4. The zero-order valence-corrected chi connectivity index (χ0v) is 16.5. The maximum atomic E-state index is 12.8. The molecule has 6 heteroatoms. The number of hydrogen-bond acceptors (Lipinski definition) is 4. The molecule has 148 valence electrons. The molecule has 27 heavy (non-hydrogen) atoms. The van der Waals surface area contributed by atoms with E-state index in [0.717, 1.165) is 31.2 Å². The normalized spacial score (nSPS) is 20.1. The molecule has 0 bridgehead atoms. The Hall–Kier alpha value is -2.24. The van der Waals surface area contributed by atoms with Gasteiger partial charge in [-0.2, -0.15) is 0 Å². The largest absolute Gasteiger partial charge is 0.445 e. The number of likely N-dealkylation sites (tertiary alicyclic amines) is 1. The van der Waals surface area contributed by atoms with Crippen molar-refractivity contribution < 1.29 is 19.1 Å². The molecule has 1 aliphatic carbocycles. The Balaban J connectivity index is 1.60. The highest BCUT2D eigenvalue weighted by atomic mass is 16.6. The van der Waals surface area contributed by atoms with E-state index in [2.05, 4.69) is 0 Å². The van der Waals surface area contributed by atoms with Crippen molar-refractivity contribution >= 4 is 12.2 Å². The van der Waals surface area contributed by atoms with Crippen LogP contribution in [0.2, 0.25) is 0 Å². The van der Waals surface area contributed by atoms with Gasteiger partial charge < -0.3 is 19.3 Å². The van der Waals surface area contributed by atoms with E-state index in [1.165, 1.54) is 0 Å². The van der Waals surface area contributed by atoms with E-state index in [4.69, 9.17) is 9.47 Å². The second-order valence-electron chi connectivity index (χ2n) is 8.40. The molecule has 2 aliphatic rings. The molecule has 0 unspecified atom stereocenters. The van der Waals surface area contributed by atoms with Crippen molar-refractivity contribution in [3.05, 3.63) is 35.9 Å². The molecule has 3 rings (SSSR count). The molecule has 6 nitrogen and oxygen atoms in total. The number of benzene rings is 1. The van der Waals surface area contributed by atoms with Crippen molar-refractivity contribution in [1.29, 1.82) is 0 Å². The molecule has 2 amide bonds. The third kappa shape index (κ3) is 5.62. The fourth-order valence-electron chi connectivity index (χ4n) is 3.42. The maximum absolute atomic E-state index is 12.8. The Kier molecular flexibility index (Phi) is 5.92. The lowest BCUT2D eigenvalue weighted by atomic mass is 10.0. The molecule has 1 saturated heterocycles. The van der Waals surface area contributed by atoms with Crippen LogP contribution in [0.4, 0.5) is 9.59 Å². The number of hydrogen-bond donors (Lipinski definition) is 0. The number of carbonyl (C=O) groups is 2. The summed E-state index contributed by atoms with van der Waals surface area (Å²) in [6.07, 6.45) is 3.17. The van der Waals surface area contributed by atoms with Crippen molar-refractivity contribution in [2.45, 2.75) is 70.7 Å². The first-order valence-electron chi connectivity index (χ1n) is 9.80. The smallest absolute Gasteiger partial charge is 0.410 e. The van der Waals surface area contributed by atoms with Gasteiger partial charge >= 0.3 is 12.2 Å². The Bertz CT molecular complexity index is 652. The van der Waals surface area contributed by atoms with E-state index in [1.807, 2.05) is 56.0 Å². The Morgan fingerprint density at radius 3 is 2.44 bits per heavy atom. The number of nitrogens with zero attached hydrogens (tertiary/aromatic N) is 2. The van der Waals surface area contributed by atoms with Gasteiger partial charge in [0, 0.05) is 19.1 Å². The molecule has 2 fully saturated rings. The van der Waals surface area contributed by atoms with Crippen LogP contribution in [0, 0.1) is 0 Å². The average Bonchev–Trinajstić information content (AvgIpc) is 3.45. The van der Waals surface area contributed by atoms with Crippen LogP contribution in [0.1, 0.15) is 52.0 Å². The van der Waals surface area contributed by atoms with Crippen LogP contribution in [0.3, 0.4) is 0 Å². The molecule has 0 spiro atoms. The van der Waals surface area contributed by atoms with Gasteiger partial charge in [-0.3, -0.25) is 0 Å². The Morgan fingerprint density at radius 2 is 1.81 bits per heavy atom. The first-order valence-corrected chi connectivity index (χ1v) is 9.80. The summed E-state index contributed by atoms with van der Waals surface area (Å²) in [5, 5.41) is 0. The van der Waals surface area contributed by atoms with E-state index in [-0.39, 0.29) is 30.9 Å². The molecule has 1 atom stereocenters. The third-order valence-corrected chi connectivity index (χ3v) is 4.80. The summed E-state index contributed by atoms with van der Waals surface area (Å²) in [4.78, 5) is 28.8. The van der Waals surface area contributed by atoms with Crippen LogP contribution >= 0.6 is 0 Å². The Labute approximate surface area is 161 Å². The first kappa shape index (κ1) is 19.5. The topological polar surface area (TPSA) is 59.1 Å². The van der Waals surface area contributed by atoms with Crippen LogP contribution < -0.4 is 0 Å². The minimum atomic E-state index is -0.519.